The molecule has 1 N–H and O–H groups in total. The number of esters is 1. The SMILES string of the molecule is COc1cccc(CC(=O)OCC(=O)Nc2ccc(OC(F)(F)F)cc2)c1. The summed E-state index contributed by atoms with van der Waals surface area (Å²) in [6.07, 6.45) is -4.82. The number of methoxy groups -OCH3 is 1. The predicted octanol–water partition coefficient (Wildman–Crippen LogP) is 3.32. The minimum atomic E-state index is -4.79. The lowest BCUT2D eigenvalue weighted by atomic mass is 10.1. The molecule has 0 fully saturated rings. The van der Waals surface area contributed by atoms with E-state index in [-0.39, 0.29) is 12.1 Å². The number of anilines is 1. The van der Waals surface area contributed by atoms with Crippen LogP contribution in [0.5, 0.6) is 11.5 Å². The van der Waals surface area contributed by atoms with Crippen LogP contribution in [0.1, 0.15) is 5.56 Å². The van der Waals surface area contributed by atoms with Crippen molar-refractivity contribution >= 4 is 17.6 Å². The first-order valence-corrected chi connectivity index (χ1v) is 7.69. The van der Waals surface area contributed by atoms with Crippen molar-refractivity contribution in [2.45, 2.75) is 12.8 Å². The van der Waals surface area contributed by atoms with Crippen molar-refractivity contribution in [3.8, 4) is 11.5 Å². The summed E-state index contributed by atoms with van der Waals surface area (Å²) in [5, 5.41) is 2.40. The lowest BCUT2D eigenvalue weighted by molar-refractivity contribution is -0.274. The topological polar surface area (TPSA) is 73.9 Å². The van der Waals surface area contributed by atoms with Crippen LogP contribution in [0.15, 0.2) is 48.5 Å². The summed E-state index contributed by atoms with van der Waals surface area (Å²) >= 11 is 0. The highest BCUT2D eigenvalue weighted by Gasteiger charge is 2.30. The van der Waals surface area contributed by atoms with E-state index in [0.717, 1.165) is 12.1 Å². The van der Waals surface area contributed by atoms with E-state index in [4.69, 9.17) is 9.47 Å². The lowest BCUT2D eigenvalue weighted by Gasteiger charge is -2.10. The number of carbonyl (C=O) groups is 2. The maximum Gasteiger partial charge on any atom is 0.573 e. The monoisotopic (exact) mass is 383 g/mol. The molecule has 144 valence electrons. The second-order valence-electron chi connectivity index (χ2n) is 5.31. The maximum absolute atomic E-state index is 12.1. The average Bonchev–Trinajstić information content (AvgIpc) is 2.60. The van der Waals surface area contributed by atoms with Gasteiger partial charge in [0.15, 0.2) is 6.61 Å². The molecule has 0 heterocycles. The third-order valence-electron chi connectivity index (χ3n) is 3.22. The third kappa shape index (κ3) is 7.27. The zero-order valence-corrected chi connectivity index (χ0v) is 14.2. The molecule has 2 rings (SSSR count). The molecule has 0 aliphatic carbocycles. The highest BCUT2D eigenvalue weighted by atomic mass is 19.4. The molecule has 0 saturated carbocycles. The van der Waals surface area contributed by atoms with Gasteiger partial charge in [0.1, 0.15) is 11.5 Å². The molecule has 0 spiro atoms. The Hall–Kier alpha value is -3.23. The largest absolute Gasteiger partial charge is 0.573 e. The van der Waals surface area contributed by atoms with Gasteiger partial charge in [-0.3, -0.25) is 9.59 Å². The Morgan fingerprint density at radius 1 is 1.04 bits per heavy atom. The zero-order chi connectivity index (χ0) is 19.9. The van der Waals surface area contributed by atoms with Gasteiger partial charge in [-0.2, -0.15) is 0 Å². The van der Waals surface area contributed by atoms with Gasteiger partial charge < -0.3 is 19.5 Å². The maximum atomic E-state index is 12.1. The number of rotatable bonds is 7. The highest BCUT2D eigenvalue weighted by Crippen LogP contribution is 2.23. The Labute approximate surface area is 152 Å². The van der Waals surface area contributed by atoms with E-state index in [0.29, 0.717) is 11.3 Å². The number of benzene rings is 2. The first-order chi connectivity index (χ1) is 12.7. The summed E-state index contributed by atoms with van der Waals surface area (Å²) in [5.41, 5.74) is 0.901. The van der Waals surface area contributed by atoms with Crippen molar-refractivity contribution in [1.82, 2.24) is 0 Å². The number of alkyl halides is 3. The fraction of sp³-hybridized carbons (Fsp3) is 0.222. The molecule has 27 heavy (non-hydrogen) atoms. The van der Waals surface area contributed by atoms with Crippen LogP contribution < -0.4 is 14.8 Å². The van der Waals surface area contributed by atoms with Crippen molar-refractivity contribution in [2.24, 2.45) is 0 Å². The molecule has 9 heteroatoms. The Kier molecular flexibility index (Phi) is 6.64. The molecule has 0 saturated heterocycles. The van der Waals surface area contributed by atoms with Crippen LogP contribution in [-0.2, 0) is 20.7 Å². The summed E-state index contributed by atoms with van der Waals surface area (Å²) in [7, 11) is 1.50. The standard InChI is InChI=1S/C18H16F3NO5/c1-25-15-4-2-3-12(9-15)10-17(24)26-11-16(23)22-13-5-7-14(8-6-13)27-18(19,20)21/h2-9H,10-11H2,1H3,(H,22,23). The van der Waals surface area contributed by atoms with E-state index in [1.54, 1.807) is 24.3 Å². The van der Waals surface area contributed by atoms with Gasteiger partial charge in [0.2, 0.25) is 0 Å². The predicted molar refractivity (Wildman–Crippen MR) is 89.4 cm³/mol. The summed E-state index contributed by atoms with van der Waals surface area (Å²) < 4.78 is 49.9. The molecule has 0 unspecified atom stereocenters. The van der Waals surface area contributed by atoms with Crippen LogP contribution in [0.25, 0.3) is 0 Å². The van der Waals surface area contributed by atoms with Crippen molar-refractivity contribution in [3.63, 3.8) is 0 Å². The number of halogens is 3. The number of hydrogen-bond acceptors (Lipinski definition) is 5. The van der Waals surface area contributed by atoms with Crippen molar-refractivity contribution < 1.29 is 37.0 Å². The van der Waals surface area contributed by atoms with Crippen molar-refractivity contribution in [1.29, 1.82) is 0 Å². The molecule has 0 radical (unpaired) electrons. The molecule has 0 atom stereocenters. The number of ether oxygens (including phenoxy) is 3. The molecule has 0 aromatic heterocycles. The minimum absolute atomic E-state index is 0.0338. The van der Waals surface area contributed by atoms with E-state index < -0.39 is 30.6 Å². The number of amides is 1. The molecule has 1 amide bonds. The van der Waals surface area contributed by atoms with Gasteiger partial charge in [0.25, 0.3) is 5.91 Å². The Morgan fingerprint density at radius 2 is 1.74 bits per heavy atom. The molecule has 6 nitrogen and oxygen atoms in total. The Morgan fingerprint density at radius 3 is 2.37 bits per heavy atom. The zero-order valence-electron chi connectivity index (χ0n) is 14.2. The summed E-state index contributed by atoms with van der Waals surface area (Å²) in [6.45, 7) is -0.524. The van der Waals surface area contributed by atoms with Gasteiger partial charge in [0, 0.05) is 5.69 Å². The molecule has 2 aromatic rings. The van der Waals surface area contributed by atoms with Crippen molar-refractivity contribution in [2.75, 3.05) is 19.0 Å². The van der Waals surface area contributed by atoms with E-state index in [1.165, 1.54) is 19.2 Å². The van der Waals surface area contributed by atoms with E-state index >= 15 is 0 Å². The first kappa shape index (κ1) is 20.1. The normalized spacial score (nSPS) is 10.8. The van der Waals surface area contributed by atoms with E-state index in [1.807, 2.05) is 0 Å². The Balaban J connectivity index is 1.79. The quantitative estimate of drug-likeness (QED) is 0.743. The second kappa shape index (κ2) is 8.93. The van der Waals surface area contributed by atoms with Crippen LogP contribution in [0.3, 0.4) is 0 Å². The van der Waals surface area contributed by atoms with Crippen LogP contribution in [0.4, 0.5) is 18.9 Å². The number of nitrogens with one attached hydrogen (secondary N) is 1. The van der Waals surface area contributed by atoms with Gasteiger partial charge in [-0.15, -0.1) is 13.2 Å². The van der Waals surface area contributed by atoms with Crippen molar-refractivity contribution in [3.05, 3.63) is 54.1 Å². The molecular weight excluding hydrogens is 367 g/mol. The summed E-state index contributed by atoms with van der Waals surface area (Å²) in [4.78, 5) is 23.5. The average molecular weight is 383 g/mol. The van der Waals surface area contributed by atoms with Crippen LogP contribution in [0.2, 0.25) is 0 Å². The Bertz CT molecular complexity index is 790. The number of hydrogen-bond donors (Lipinski definition) is 1. The van der Waals surface area contributed by atoms with E-state index in [9.17, 15) is 22.8 Å². The fourth-order valence-electron chi connectivity index (χ4n) is 2.08. The van der Waals surface area contributed by atoms with Crippen LogP contribution in [0, 0.1) is 0 Å². The lowest BCUT2D eigenvalue weighted by Crippen LogP contribution is -2.21. The van der Waals surface area contributed by atoms with Gasteiger partial charge in [-0.05, 0) is 42.0 Å². The smallest absolute Gasteiger partial charge is 0.497 e. The molecule has 0 aliphatic heterocycles. The summed E-state index contributed by atoms with van der Waals surface area (Å²) in [5.74, 6) is -1.05. The van der Waals surface area contributed by atoms with E-state index in [2.05, 4.69) is 10.1 Å². The fourth-order valence-corrected chi connectivity index (χ4v) is 2.08. The minimum Gasteiger partial charge on any atom is -0.497 e. The number of carbonyl (C=O) groups excluding carboxylic acids is 2. The molecule has 2 aromatic carbocycles. The molecule has 0 aliphatic rings. The van der Waals surface area contributed by atoms with Gasteiger partial charge in [-0.1, -0.05) is 12.1 Å². The van der Waals surface area contributed by atoms with Gasteiger partial charge in [0.05, 0.1) is 13.5 Å². The molecule has 0 bridgehead atoms. The first-order valence-electron chi connectivity index (χ1n) is 7.69. The summed E-state index contributed by atoms with van der Waals surface area (Å²) in [6, 6.07) is 11.4. The highest BCUT2D eigenvalue weighted by molar-refractivity contribution is 5.92. The third-order valence-corrected chi connectivity index (χ3v) is 3.22. The van der Waals surface area contributed by atoms with Crippen LogP contribution in [-0.4, -0.2) is 32.0 Å². The van der Waals surface area contributed by atoms with Gasteiger partial charge >= 0.3 is 12.3 Å². The second-order valence-corrected chi connectivity index (χ2v) is 5.31. The van der Waals surface area contributed by atoms with Gasteiger partial charge in [-0.25, -0.2) is 0 Å². The molecular formula is C18H16F3NO5. The van der Waals surface area contributed by atoms with Crippen LogP contribution >= 0.6 is 0 Å².